The second-order valence-electron chi connectivity index (χ2n) is 3.61. The topological polar surface area (TPSA) is 78.0 Å². The van der Waals surface area contributed by atoms with Crippen molar-refractivity contribution in [3.63, 3.8) is 0 Å². The molecule has 0 unspecified atom stereocenters. The van der Waals surface area contributed by atoms with Gasteiger partial charge >= 0.3 is 0 Å². The summed E-state index contributed by atoms with van der Waals surface area (Å²) in [5.74, 6) is 0.522. The average molecular weight is 231 g/mol. The van der Waals surface area contributed by atoms with Crippen molar-refractivity contribution >= 4 is 11.9 Å². The standard InChI is InChI=1S/C12H13N3O2/c16-10-4-2-1-3-9(10)5-6-11(17)15-12-13-7-8-14-12/h1-4,7-8,16H,5-6H2,(H2,13,14,15,17). The van der Waals surface area contributed by atoms with Crippen molar-refractivity contribution in [2.75, 3.05) is 5.32 Å². The quantitative estimate of drug-likeness (QED) is 0.749. The fraction of sp³-hybridized carbons (Fsp3) is 0.167. The van der Waals surface area contributed by atoms with Gasteiger partial charge < -0.3 is 10.1 Å². The number of phenols is 1. The molecule has 0 saturated carbocycles. The zero-order valence-corrected chi connectivity index (χ0v) is 9.18. The number of para-hydroxylation sites is 1. The molecule has 1 heterocycles. The van der Waals surface area contributed by atoms with Gasteiger partial charge in [0.05, 0.1) is 0 Å². The first-order valence-corrected chi connectivity index (χ1v) is 5.32. The maximum absolute atomic E-state index is 11.5. The number of hydrogen-bond donors (Lipinski definition) is 3. The Balaban J connectivity index is 1.86. The third-order valence-electron chi connectivity index (χ3n) is 2.37. The molecule has 0 aliphatic heterocycles. The van der Waals surface area contributed by atoms with Crippen molar-refractivity contribution < 1.29 is 9.90 Å². The van der Waals surface area contributed by atoms with Crippen LogP contribution in [-0.4, -0.2) is 21.0 Å². The first-order chi connectivity index (χ1) is 8.25. The highest BCUT2D eigenvalue weighted by Gasteiger charge is 2.06. The number of nitrogens with zero attached hydrogens (tertiary/aromatic N) is 1. The zero-order valence-electron chi connectivity index (χ0n) is 9.18. The normalized spacial score (nSPS) is 10.1. The van der Waals surface area contributed by atoms with Gasteiger partial charge in [-0.05, 0) is 18.1 Å². The number of aryl methyl sites for hydroxylation is 1. The molecule has 1 amide bonds. The van der Waals surface area contributed by atoms with Crippen molar-refractivity contribution in [2.45, 2.75) is 12.8 Å². The van der Waals surface area contributed by atoms with Crippen LogP contribution in [0.4, 0.5) is 5.95 Å². The molecule has 3 N–H and O–H groups in total. The number of carbonyl (C=O) groups excluding carboxylic acids is 1. The molecule has 1 aromatic heterocycles. The third kappa shape index (κ3) is 3.07. The first kappa shape index (κ1) is 11.2. The molecule has 1 aromatic carbocycles. The highest BCUT2D eigenvalue weighted by Crippen LogP contribution is 2.17. The average Bonchev–Trinajstić information content (AvgIpc) is 2.81. The molecule has 0 fully saturated rings. The summed E-state index contributed by atoms with van der Waals surface area (Å²) in [7, 11) is 0. The van der Waals surface area contributed by atoms with Gasteiger partial charge in [-0.1, -0.05) is 18.2 Å². The number of amides is 1. The SMILES string of the molecule is O=C(CCc1ccccc1O)Nc1ncc[nH]1. The van der Waals surface area contributed by atoms with E-state index in [0.29, 0.717) is 18.8 Å². The Morgan fingerprint density at radius 1 is 1.41 bits per heavy atom. The lowest BCUT2D eigenvalue weighted by Crippen LogP contribution is -2.13. The summed E-state index contributed by atoms with van der Waals surface area (Å²) < 4.78 is 0. The number of benzene rings is 1. The molecule has 5 heteroatoms. The molecule has 0 radical (unpaired) electrons. The number of phenolic OH excluding ortho intramolecular Hbond substituents is 1. The first-order valence-electron chi connectivity index (χ1n) is 5.32. The number of rotatable bonds is 4. The monoisotopic (exact) mass is 231 g/mol. The molecule has 5 nitrogen and oxygen atoms in total. The largest absolute Gasteiger partial charge is 0.508 e. The maximum atomic E-state index is 11.5. The van der Waals surface area contributed by atoms with Crippen LogP contribution >= 0.6 is 0 Å². The Labute approximate surface area is 98.5 Å². The van der Waals surface area contributed by atoms with Gasteiger partial charge in [0.15, 0.2) is 0 Å². The molecule has 0 atom stereocenters. The Hall–Kier alpha value is -2.30. The lowest BCUT2D eigenvalue weighted by atomic mass is 10.1. The number of H-pyrrole nitrogens is 1. The number of anilines is 1. The van der Waals surface area contributed by atoms with E-state index in [4.69, 9.17) is 0 Å². The Kier molecular flexibility index (Phi) is 3.40. The van der Waals surface area contributed by atoms with Gasteiger partial charge in [-0.15, -0.1) is 0 Å². The zero-order chi connectivity index (χ0) is 12.1. The molecule has 17 heavy (non-hydrogen) atoms. The van der Waals surface area contributed by atoms with Crippen LogP contribution < -0.4 is 5.32 Å². The number of hydrogen-bond acceptors (Lipinski definition) is 3. The van der Waals surface area contributed by atoms with Crippen molar-refractivity contribution in [2.24, 2.45) is 0 Å². The molecule has 0 saturated heterocycles. The lowest BCUT2D eigenvalue weighted by Gasteiger charge is -2.04. The molecule has 0 bridgehead atoms. The van der Waals surface area contributed by atoms with E-state index in [0.717, 1.165) is 5.56 Å². The minimum atomic E-state index is -0.136. The fourth-order valence-corrected chi connectivity index (χ4v) is 1.50. The summed E-state index contributed by atoms with van der Waals surface area (Å²) in [5.41, 5.74) is 0.766. The van der Waals surface area contributed by atoms with Gasteiger partial charge in [-0.3, -0.25) is 10.1 Å². The van der Waals surface area contributed by atoms with Crippen molar-refractivity contribution in [3.05, 3.63) is 42.2 Å². The number of aromatic amines is 1. The van der Waals surface area contributed by atoms with Gasteiger partial charge in [0.1, 0.15) is 5.75 Å². The number of aromatic nitrogens is 2. The fourth-order valence-electron chi connectivity index (χ4n) is 1.50. The molecule has 0 aliphatic rings. The van der Waals surface area contributed by atoms with Crippen LogP contribution in [0.25, 0.3) is 0 Å². The van der Waals surface area contributed by atoms with E-state index in [1.54, 1.807) is 30.6 Å². The molecule has 0 spiro atoms. The Bertz CT molecular complexity index is 494. The van der Waals surface area contributed by atoms with Crippen molar-refractivity contribution in [3.8, 4) is 5.75 Å². The Morgan fingerprint density at radius 3 is 2.94 bits per heavy atom. The van der Waals surface area contributed by atoms with E-state index in [9.17, 15) is 9.90 Å². The Morgan fingerprint density at radius 2 is 2.24 bits per heavy atom. The van der Waals surface area contributed by atoms with E-state index in [-0.39, 0.29) is 11.7 Å². The molecule has 0 aliphatic carbocycles. The molecular weight excluding hydrogens is 218 g/mol. The number of nitrogens with one attached hydrogen (secondary N) is 2. The van der Waals surface area contributed by atoms with Gasteiger partial charge in [0, 0.05) is 18.8 Å². The van der Waals surface area contributed by atoms with Crippen molar-refractivity contribution in [1.29, 1.82) is 0 Å². The minimum Gasteiger partial charge on any atom is -0.508 e. The lowest BCUT2D eigenvalue weighted by molar-refractivity contribution is -0.116. The van der Waals surface area contributed by atoms with Gasteiger partial charge in [-0.25, -0.2) is 4.98 Å². The summed E-state index contributed by atoms with van der Waals surface area (Å²) >= 11 is 0. The summed E-state index contributed by atoms with van der Waals surface area (Å²) in [6, 6.07) is 7.00. The van der Waals surface area contributed by atoms with Crippen molar-refractivity contribution in [1.82, 2.24) is 9.97 Å². The van der Waals surface area contributed by atoms with Crippen LogP contribution in [0, 0.1) is 0 Å². The second-order valence-corrected chi connectivity index (χ2v) is 3.61. The number of carbonyl (C=O) groups is 1. The summed E-state index contributed by atoms with van der Waals surface area (Å²) in [6.07, 6.45) is 4.01. The molecule has 88 valence electrons. The van der Waals surface area contributed by atoms with E-state index in [1.165, 1.54) is 0 Å². The maximum Gasteiger partial charge on any atom is 0.227 e. The predicted molar refractivity (Wildman–Crippen MR) is 63.6 cm³/mol. The van der Waals surface area contributed by atoms with Gasteiger partial charge in [0.25, 0.3) is 0 Å². The van der Waals surface area contributed by atoms with Crippen LogP contribution in [0.15, 0.2) is 36.7 Å². The molecule has 2 rings (SSSR count). The summed E-state index contributed by atoms with van der Waals surface area (Å²) in [4.78, 5) is 18.2. The van der Waals surface area contributed by atoms with E-state index in [1.807, 2.05) is 6.07 Å². The third-order valence-corrected chi connectivity index (χ3v) is 2.37. The van der Waals surface area contributed by atoms with Crippen LogP contribution in [0.2, 0.25) is 0 Å². The van der Waals surface area contributed by atoms with Crippen LogP contribution in [0.1, 0.15) is 12.0 Å². The minimum absolute atomic E-state index is 0.136. The molecule has 2 aromatic rings. The smallest absolute Gasteiger partial charge is 0.227 e. The van der Waals surface area contributed by atoms with E-state index < -0.39 is 0 Å². The molecular formula is C12H13N3O2. The highest BCUT2D eigenvalue weighted by atomic mass is 16.3. The second kappa shape index (κ2) is 5.16. The van der Waals surface area contributed by atoms with E-state index >= 15 is 0 Å². The summed E-state index contributed by atoms with van der Waals surface area (Å²) in [5, 5.41) is 12.2. The van der Waals surface area contributed by atoms with Crippen LogP contribution in [0.3, 0.4) is 0 Å². The van der Waals surface area contributed by atoms with Crippen LogP contribution in [-0.2, 0) is 11.2 Å². The number of imidazole rings is 1. The van der Waals surface area contributed by atoms with Gasteiger partial charge in [-0.2, -0.15) is 0 Å². The van der Waals surface area contributed by atoms with Crippen LogP contribution in [0.5, 0.6) is 5.75 Å². The van der Waals surface area contributed by atoms with E-state index in [2.05, 4.69) is 15.3 Å². The highest BCUT2D eigenvalue weighted by molar-refractivity contribution is 5.89. The number of aromatic hydroxyl groups is 1. The predicted octanol–water partition coefficient (Wildman–Crippen LogP) is 1.69. The van der Waals surface area contributed by atoms with Gasteiger partial charge in [0.2, 0.25) is 11.9 Å². The summed E-state index contributed by atoms with van der Waals surface area (Å²) in [6.45, 7) is 0.